The average Bonchev–Trinajstić information content (AvgIpc) is 2.34. The van der Waals surface area contributed by atoms with Gasteiger partial charge < -0.3 is 10.2 Å². The Morgan fingerprint density at radius 3 is 3.00 bits per heavy atom. The highest BCUT2D eigenvalue weighted by Gasteiger charge is 2.20. The topological polar surface area (TPSA) is 32.3 Å². The van der Waals surface area contributed by atoms with E-state index in [1.165, 1.54) is 6.42 Å². The van der Waals surface area contributed by atoms with E-state index in [-0.39, 0.29) is 6.03 Å². The second-order valence-electron chi connectivity index (χ2n) is 4.75. The lowest BCUT2D eigenvalue weighted by molar-refractivity contribution is 0.182. The number of hydrogen-bond donors (Lipinski definition) is 1. The summed E-state index contributed by atoms with van der Waals surface area (Å²) in [5.41, 5.74) is 0.838. The number of urea groups is 1. The maximum atomic E-state index is 12.1. The highest BCUT2D eigenvalue weighted by molar-refractivity contribution is 14.1. The number of carbonyl (C=O) groups excluding carboxylic acids is 1. The maximum absolute atomic E-state index is 12.1. The number of rotatable bonds is 1. The number of likely N-dealkylation sites (tertiary alicyclic amines) is 1. The van der Waals surface area contributed by atoms with E-state index in [0.717, 1.165) is 33.2 Å². The lowest BCUT2D eigenvalue weighted by Gasteiger charge is -2.30. The molecule has 1 unspecified atom stereocenters. The van der Waals surface area contributed by atoms with Gasteiger partial charge in [-0.05, 0) is 75.5 Å². The number of carbonyl (C=O) groups is 1. The summed E-state index contributed by atoms with van der Waals surface area (Å²) in [5, 5.41) is 2.95. The maximum Gasteiger partial charge on any atom is 0.321 e. The third kappa shape index (κ3) is 3.60. The average molecular weight is 423 g/mol. The molecule has 2 amide bonds. The van der Waals surface area contributed by atoms with Gasteiger partial charge in [0.2, 0.25) is 0 Å². The molecule has 1 aromatic carbocycles. The van der Waals surface area contributed by atoms with Crippen molar-refractivity contribution in [3.05, 3.63) is 26.2 Å². The monoisotopic (exact) mass is 422 g/mol. The molecule has 1 aliphatic heterocycles. The van der Waals surface area contributed by atoms with Gasteiger partial charge in [-0.25, -0.2) is 4.79 Å². The van der Waals surface area contributed by atoms with Gasteiger partial charge in [0, 0.05) is 26.8 Å². The Morgan fingerprint density at radius 2 is 2.33 bits per heavy atom. The molecule has 1 N–H and O–H groups in total. The predicted molar refractivity (Wildman–Crippen MR) is 85.8 cm³/mol. The molecule has 98 valence electrons. The van der Waals surface area contributed by atoms with Crippen molar-refractivity contribution in [1.82, 2.24) is 4.90 Å². The minimum atomic E-state index is 0.00894. The van der Waals surface area contributed by atoms with Crippen molar-refractivity contribution in [2.75, 3.05) is 18.4 Å². The number of halogens is 2. The van der Waals surface area contributed by atoms with Crippen molar-refractivity contribution in [3.63, 3.8) is 0 Å². The molecule has 1 aliphatic rings. The van der Waals surface area contributed by atoms with Gasteiger partial charge in [0.05, 0.1) is 0 Å². The van der Waals surface area contributed by atoms with Crippen LogP contribution in [0.25, 0.3) is 0 Å². The molecule has 0 radical (unpaired) electrons. The Kier molecular flexibility index (Phi) is 4.89. The van der Waals surface area contributed by atoms with Crippen LogP contribution in [0, 0.1) is 9.49 Å². The summed E-state index contributed by atoms with van der Waals surface area (Å²) < 4.78 is 2.14. The Morgan fingerprint density at radius 1 is 1.56 bits per heavy atom. The van der Waals surface area contributed by atoms with Crippen LogP contribution >= 0.6 is 38.5 Å². The molecule has 0 aliphatic carbocycles. The van der Waals surface area contributed by atoms with E-state index in [1.807, 2.05) is 23.1 Å². The molecule has 1 heterocycles. The van der Waals surface area contributed by atoms with Crippen LogP contribution in [-0.4, -0.2) is 24.0 Å². The minimum Gasteiger partial charge on any atom is -0.324 e. The Bertz CT molecular complexity index is 453. The Hall–Kier alpha value is -0.300. The van der Waals surface area contributed by atoms with Gasteiger partial charge in [-0.1, -0.05) is 6.92 Å². The highest BCUT2D eigenvalue weighted by atomic mass is 127. The standard InChI is InChI=1S/C13H16BrIN2O/c1-9-3-2-6-17(8-9)13(18)16-10-4-5-12(15)11(14)7-10/h4-5,7,9H,2-3,6,8H2,1H3,(H,16,18). The molecule has 2 rings (SSSR count). The molecular formula is C13H16BrIN2O. The molecule has 1 fully saturated rings. The molecule has 0 bridgehead atoms. The van der Waals surface area contributed by atoms with Gasteiger partial charge in [0.25, 0.3) is 0 Å². The largest absolute Gasteiger partial charge is 0.324 e. The first-order valence-electron chi connectivity index (χ1n) is 6.07. The molecule has 1 atom stereocenters. The number of piperidine rings is 1. The smallest absolute Gasteiger partial charge is 0.321 e. The number of nitrogens with zero attached hydrogens (tertiary/aromatic N) is 1. The van der Waals surface area contributed by atoms with Crippen molar-refractivity contribution in [3.8, 4) is 0 Å². The van der Waals surface area contributed by atoms with E-state index in [4.69, 9.17) is 0 Å². The van der Waals surface area contributed by atoms with Gasteiger partial charge in [0.15, 0.2) is 0 Å². The van der Waals surface area contributed by atoms with Crippen LogP contribution in [0.4, 0.5) is 10.5 Å². The zero-order valence-electron chi connectivity index (χ0n) is 10.2. The van der Waals surface area contributed by atoms with Gasteiger partial charge in [0.1, 0.15) is 0 Å². The van der Waals surface area contributed by atoms with Crippen LogP contribution in [0.3, 0.4) is 0 Å². The third-order valence-corrected chi connectivity index (χ3v) is 5.45. The van der Waals surface area contributed by atoms with Gasteiger partial charge in [-0.2, -0.15) is 0 Å². The molecule has 0 spiro atoms. The van der Waals surface area contributed by atoms with Crippen LogP contribution in [-0.2, 0) is 0 Å². The van der Waals surface area contributed by atoms with Crippen molar-refractivity contribution in [2.24, 2.45) is 5.92 Å². The highest BCUT2D eigenvalue weighted by Crippen LogP contribution is 2.23. The summed E-state index contributed by atoms with van der Waals surface area (Å²) in [4.78, 5) is 14.0. The van der Waals surface area contributed by atoms with Crippen LogP contribution < -0.4 is 5.32 Å². The molecule has 0 aromatic heterocycles. The van der Waals surface area contributed by atoms with E-state index in [9.17, 15) is 4.79 Å². The summed E-state index contributed by atoms with van der Waals surface area (Å²) in [6.07, 6.45) is 2.32. The first-order chi connectivity index (χ1) is 8.56. The Balaban J connectivity index is 2.00. The second kappa shape index (κ2) is 6.23. The normalized spacial score (nSPS) is 19.7. The van der Waals surface area contributed by atoms with E-state index in [0.29, 0.717) is 5.92 Å². The molecule has 5 heteroatoms. The molecule has 18 heavy (non-hydrogen) atoms. The molecule has 1 saturated heterocycles. The number of amides is 2. The SMILES string of the molecule is CC1CCCN(C(=O)Nc2ccc(I)c(Br)c2)C1. The van der Waals surface area contributed by atoms with Crippen LogP contribution in [0.5, 0.6) is 0 Å². The van der Waals surface area contributed by atoms with E-state index in [1.54, 1.807) is 0 Å². The van der Waals surface area contributed by atoms with Crippen molar-refractivity contribution >= 4 is 50.2 Å². The first-order valence-corrected chi connectivity index (χ1v) is 7.94. The zero-order chi connectivity index (χ0) is 13.1. The van der Waals surface area contributed by atoms with E-state index in [2.05, 4.69) is 50.8 Å². The van der Waals surface area contributed by atoms with Crippen molar-refractivity contribution < 1.29 is 4.79 Å². The Labute approximate surface area is 130 Å². The number of nitrogens with one attached hydrogen (secondary N) is 1. The number of benzene rings is 1. The van der Waals surface area contributed by atoms with E-state index >= 15 is 0 Å². The zero-order valence-corrected chi connectivity index (χ0v) is 14.0. The molecular weight excluding hydrogens is 407 g/mol. The molecule has 3 nitrogen and oxygen atoms in total. The number of anilines is 1. The van der Waals surface area contributed by atoms with Gasteiger partial charge >= 0.3 is 6.03 Å². The van der Waals surface area contributed by atoms with Crippen molar-refractivity contribution in [1.29, 1.82) is 0 Å². The quantitative estimate of drug-likeness (QED) is 0.671. The minimum absolute atomic E-state index is 0.00894. The second-order valence-corrected chi connectivity index (χ2v) is 6.77. The summed E-state index contributed by atoms with van der Waals surface area (Å²) >= 11 is 5.72. The van der Waals surface area contributed by atoms with Crippen LogP contribution in [0.2, 0.25) is 0 Å². The summed E-state index contributed by atoms with van der Waals surface area (Å²) in [5.74, 6) is 0.605. The van der Waals surface area contributed by atoms with Crippen molar-refractivity contribution in [2.45, 2.75) is 19.8 Å². The van der Waals surface area contributed by atoms with E-state index < -0.39 is 0 Å². The summed E-state index contributed by atoms with van der Waals surface area (Å²) in [6, 6.07) is 5.86. The number of hydrogen-bond acceptors (Lipinski definition) is 1. The third-order valence-electron chi connectivity index (χ3n) is 3.12. The van der Waals surface area contributed by atoms with Crippen LogP contribution in [0.15, 0.2) is 22.7 Å². The van der Waals surface area contributed by atoms with Crippen LogP contribution in [0.1, 0.15) is 19.8 Å². The fourth-order valence-electron chi connectivity index (χ4n) is 2.15. The summed E-state index contributed by atoms with van der Waals surface area (Å²) in [7, 11) is 0. The first kappa shape index (κ1) is 14.1. The fraction of sp³-hybridized carbons (Fsp3) is 0.462. The lowest BCUT2D eigenvalue weighted by Crippen LogP contribution is -2.41. The van der Waals surface area contributed by atoms with Gasteiger partial charge in [-0.3, -0.25) is 0 Å². The molecule has 1 aromatic rings. The predicted octanol–water partition coefficient (Wildman–Crippen LogP) is 4.32. The summed E-state index contributed by atoms with van der Waals surface area (Å²) in [6.45, 7) is 3.92. The lowest BCUT2D eigenvalue weighted by atomic mass is 10.0. The molecule has 0 saturated carbocycles. The van der Waals surface area contributed by atoms with Gasteiger partial charge in [-0.15, -0.1) is 0 Å². The fourth-order valence-corrected chi connectivity index (χ4v) is 2.86.